The van der Waals surface area contributed by atoms with Crippen molar-refractivity contribution in [1.29, 1.82) is 0 Å². The standard InChI is InChI=1S/C8H11NO/c9-4-6-3-5-1-2-7(6)8(5)10/h1-2,5-7H,3-4,9H2/t5-,6-,7-/m0/s1. The van der Waals surface area contributed by atoms with Crippen LogP contribution >= 0.6 is 0 Å². The van der Waals surface area contributed by atoms with Gasteiger partial charge in [-0.1, -0.05) is 12.2 Å². The molecule has 2 heteroatoms. The highest BCUT2D eigenvalue weighted by Crippen LogP contribution is 2.39. The van der Waals surface area contributed by atoms with Crippen LogP contribution in [0.4, 0.5) is 0 Å². The Hall–Kier alpha value is -0.630. The molecule has 0 saturated heterocycles. The van der Waals surface area contributed by atoms with Gasteiger partial charge in [-0.3, -0.25) is 4.79 Å². The van der Waals surface area contributed by atoms with E-state index in [1.165, 1.54) is 0 Å². The Labute approximate surface area is 60.1 Å². The average Bonchev–Trinajstić information content (AvgIpc) is 2.46. The lowest BCUT2D eigenvalue weighted by Crippen LogP contribution is -2.19. The summed E-state index contributed by atoms with van der Waals surface area (Å²) < 4.78 is 0. The van der Waals surface area contributed by atoms with Gasteiger partial charge in [-0.2, -0.15) is 0 Å². The van der Waals surface area contributed by atoms with E-state index in [4.69, 9.17) is 5.73 Å². The molecule has 1 fully saturated rings. The molecule has 2 rings (SSSR count). The van der Waals surface area contributed by atoms with Gasteiger partial charge in [-0.25, -0.2) is 0 Å². The van der Waals surface area contributed by atoms with Crippen LogP contribution in [0.5, 0.6) is 0 Å². The molecule has 3 atom stereocenters. The molecule has 2 bridgehead atoms. The van der Waals surface area contributed by atoms with E-state index in [2.05, 4.69) is 0 Å². The molecule has 2 aliphatic carbocycles. The molecule has 2 nitrogen and oxygen atoms in total. The summed E-state index contributed by atoms with van der Waals surface area (Å²) in [5.41, 5.74) is 5.50. The first-order chi connectivity index (χ1) is 4.83. The van der Waals surface area contributed by atoms with Crippen LogP contribution in [-0.2, 0) is 4.79 Å². The van der Waals surface area contributed by atoms with Crippen LogP contribution < -0.4 is 5.73 Å². The van der Waals surface area contributed by atoms with Crippen LogP contribution in [0.1, 0.15) is 6.42 Å². The van der Waals surface area contributed by atoms with Crippen molar-refractivity contribution in [1.82, 2.24) is 0 Å². The van der Waals surface area contributed by atoms with Gasteiger partial charge in [0.1, 0.15) is 5.78 Å². The van der Waals surface area contributed by atoms with Crippen LogP contribution in [0.3, 0.4) is 0 Å². The fourth-order valence-electron chi connectivity index (χ4n) is 1.99. The normalized spacial score (nSPS) is 43.3. The Morgan fingerprint density at radius 1 is 1.60 bits per heavy atom. The van der Waals surface area contributed by atoms with Gasteiger partial charge in [0.25, 0.3) is 0 Å². The molecular weight excluding hydrogens is 126 g/mol. The molecule has 2 N–H and O–H groups in total. The molecule has 0 aromatic carbocycles. The summed E-state index contributed by atoms with van der Waals surface area (Å²) in [6.07, 6.45) is 5.05. The van der Waals surface area contributed by atoms with Crippen molar-refractivity contribution in [3.63, 3.8) is 0 Å². The lowest BCUT2D eigenvalue weighted by molar-refractivity contribution is -0.121. The van der Waals surface area contributed by atoms with Crippen molar-refractivity contribution in [2.24, 2.45) is 23.5 Å². The number of nitrogens with two attached hydrogens (primary N) is 1. The van der Waals surface area contributed by atoms with E-state index >= 15 is 0 Å². The predicted octanol–water partition coefficient (Wildman–Crippen LogP) is 0.336. The predicted molar refractivity (Wildman–Crippen MR) is 38.3 cm³/mol. The Bertz CT molecular complexity index is 197. The second-order valence-electron chi connectivity index (χ2n) is 3.15. The van der Waals surface area contributed by atoms with Gasteiger partial charge in [0, 0.05) is 11.8 Å². The summed E-state index contributed by atoms with van der Waals surface area (Å²) in [6.45, 7) is 0.664. The van der Waals surface area contributed by atoms with Crippen LogP contribution in [0.25, 0.3) is 0 Å². The maximum Gasteiger partial charge on any atom is 0.146 e. The summed E-state index contributed by atoms with van der Waals surface area (Å²) in [4.78, 5) is 11.2. The molecule has 0 heterocycles. The molecule has 2 aliphatic rings. The van der Waals surface area contributed by atoms with E-state index in [9.17, 15) is 4.79 Å². The first-order valence-corrected chi connectivity index (χ1v) is 3.75. The van der Waals surface area contributed by atoms with E-state index in [1.54, 1.807) is 0 Å². The van der Waals surface area contributed by atoms with Crippen molar-refractivity contribution in [3.8, 4) is 0 Å². The zero-order chi connectivity index (χ0) is 7.14. The van der Waals surface area contributed by atoms with Crippen molar-refractivity contribution in [2.75, 3.05) is 6.54 Å². The van der Waals surface area contributed by atoms with Crippen LogP contribution in [-0.4, -0.2) is 12.3 Å². The molecule has 0 radical (unpaired) electrons. The Morgan fingerprint density at radius 2 is 2.40 bits per heavy atom. The summed E-state index contributed by atoms with van der Waals surface area (Å²) in [5, 5.41) is 0. The number of carbonyl (C=O) groups excluding carboxylic acids is 1. The second kappa shape index (κ2) is 1.92. The SMILES string of the molecule is NC[C@@H]1C[C@@H]2C=C[C@@H]1C2=O. The third-order valence-corrected chi connectivity index (χ3v) is 2.61. The maximum atomic E-state index is 11.2. The first kappa shape index (κ1) is 6.10. The van der Waals surface area contributed by atoms with Crippen molar-refractivity contribution < 1.29 is 4.79 Å². The molecular formula is C8H11NO. The molecule has 0 unspecified atom stereocenters. The molecule has 1 saturated carbocycles. The number of fused-ring (bicyclic) bond motifs is 2. The monoisotopic (exact) mass is 137 g/mol. The first-order valence-electron chi connectivity index (χ1n) is 3.75. The molecule has 10 heavy (non-hydrogen) atoms. The van der Waals surface area contributed by atoms with Gasteiger partial charge in [0.2, 0.25) is 0 Å². The zero-order valence-electron chi connectivity index (χ0n) is 5.79. The van der Waals surface area contributed by atoms with Gasteiger partial charge >= 0.3 is 0 Å². The molecule has 0 spiro atoms. The summed E-state index contributed by atoms with van der Waals surface area (Å²) in [6, 6.07) is 0. The maximum absolute atomic E-state index is 11.2. The van der Waals surface area contributed by atoms with Crippen molar-refractivity contribution in [3.05, 3.63) is 12.2 Å². The summed E-state index contributed by atoms with van der Waals surface area (Å²) in [7, 11) is 0. The highest BCUT2D eigenvalue weighted by molar-refractivity contribution is 5.91. The van der Waals surface area contributed by atoms with Crippen LogP contribution in [0.15, 0.2) is 12.2 Å². The minimum Gasteiger partial charge on any atom is -0.330 e. The smallest absolute Gasteiger partial charge is 0.146 e. The number of carbonyl (C=O) groups is 1. The topological polar surface area (TPSA) is 43.1 Å². The molecule has 0 aromatic rings. The van der Waals surface area contributed by atoms with E-state index < -0.39 is 0 Å². The number of ketones is 1. The third-order valence-electron chi connectivity index (χ3n) is 2.61. The Kier molecular flexibility index (Phi) is 1.17. The van der Waals surface area contributed by atoms with Crippen molar-refractivity contribution >= 4 is 5.78 Å². The van der Waals surface area contributed by atoms with Gasteiger partial charge in [-0.15, -0.1) is 0 Å². The van der Waals surface area contributed by atoms with E-state index in [-0.39, 0.29) is 11.8 Å². The van der Waals surface area contributed by atoms with Gasteiger partial charge in [0.15, 0.2) is 0 Å². The zero-order valence-corrected chi connectivity index (χ0v) is 5.79. The average molecular weight is 137 g/mol. The van der Waals surface area contributed by atoms with Gasteiger partial charge < -0.3 is 5.73 Å². The van der Waals surface area contributed by atoms with Crippen LogP contribution in [0, 0.1) is 17.8 Å². The largest absolute Gasteiger partial charge is 0.330 e. The Balaban J connectivity index is 2.23. The van der Waals surface area contributed by atoms with E-state index in [0.29, 0.717) is 18.2 Å². The lowest BCUT2D eigenvalue weighted by atomic mass is 9.94. The molecule has 54 valence electrons. The van der Waals surface area contributed by atoms with E-state index in [1.807, 2.05) is 12.2 Å². The molecule has 0 aliphatic heterocycles. The highest BCUT2D eigenvalue weighted by atomic mass is 16.1. The number of rotatable bonds is 1. The Morgan fingerprint density at radius 3 is 2.70 bits per heavy atom. The van der Waals surface area contributed by atoms with Crippen molar-refractivity contribution in [2.45, 2.75) is 6.42 Å². The third kappa shape index (κ3) is 0.598. The fraction of sp³-hybridized carbons (Fsp3) is 0.625. The summed E-state index contributed by atoms with van der Waals surface area (Å²) in [5.74, 6) is 1.24. The van der Waals surface area contributed by atoms with E-state index in [0.717, 1.165) is 6.42 Å². The second-order valence-corrected chi connectivity index (χ2v) is 3.15. The number of allylic oxidation sites excluding steroid dienone is 2. The quantitative estimate of drug-likeness (QED) is 0.529. The summed E-state index contributed by atoms with van der Waals surface area (Å²) >= 11 is 0. The molecule has 0 amide bonds. The van der Waals surface area contributed by atoms with Crippen LogP contribution in [0.2, 0.25) is 0 Å². The lowest BCUT2D eigenvalue weighted by Gasteiger charge is -2.12. The van der Waals surface area contributed by atoms with Gasteiger partial charge in [-0.05, 0) is 18.9 Å². The molecule has 0 aromatic heterocycles. The highest BCUT2D eigenvalue weighted by Gasteiger charge is 2.42. The minimum atomic E-state index is 0.176. The fourth-order valence-corrected chi connectivity index (χ4v) is 1.99. The minimum absolute atomic E-state index is 0.176. The number of hydrogen-bond acceptors (Lipinski definition) is 2. The van der Waals surface area contributed by atoms with Gasteiger partial charge in [0.05, 0.1) is 0 Å². The number of hydrogen-bond donors (Lipinski definition) is 1. The number of Topliss-reactive ketones (excluding diaryl/α,β-unsaturated/α-hetero) is 1.